The Morgan fingerprint density at radius 2 is 1.96 bits per heavy atom. The summed E-state index contributed by atoms with van der Waals surface area (Å²) in [4.78, 5) is 11.9. The summed E-state index contributed by atoms with van der Waals surface area (Å²) >= 11 is 6.10. The third kappa shape index (κ3) is 3.96. The van der Waals surface area contributed by atoms with Gasteiger partial charge in [-0.2, -0.15) is 0 Å². The number of carbonyl (C=O) groups is 1. The lowest BCUT2D eigenvalue weighted by Crippen LogP contribution is -2.19. The second-order valence-electron chi connectivity index (χ2n) is 6.33. The van der Waals surface area contributed by atoms with Gasteiger partial charge < -0.3 is 5.73 Å². The van der Waals surface area contributed by atoms with Gasteiger partial charge in [0.15, 0.2) is 0 Å². The van der Waals surface area contributed by atoms with Crippen LogP contribution in [-0.4, -0.2) is 20.6 Å². The van der Waals surface area contributed by atoms with E-state index in [1.165, 1.54) is 0 Å². The minimum Gasteiger partial charge on any atom is -0.366 e. The van der Waals surface area contributed by atoms with Gasteiger partial charge in [0.1, 0.15) is 0 Å². The van der Waals surface area contributed by atoms with Crippen LogP contribution in [0.5, 0.6) is 0 Å². The van der Waals surface area contributed by atoms with Gasteiger partial charge in [0.05, 0.1) is 6.26 Å². The third-order valence-corrected chi connectivity index (χ3v) is 5.26. The molecule has 1 amide bonds. The van der Waals surface area contributed by atoms with E-state index in [9.17, 15) is 13.2 Å². The molecular formula is C18H19ClN2O3S. The summed E-state index contributed by atoms with van der Waals surface area (Å²) in [6.07, 6.45) is 3.84. The van der Waals surface area contributed by atoms with Crippen molar-refractivity contribution in [3.8, 4) is 0 Å². The van der Waals surface area contributed by atoms with Crippen molar-refractivity contribution in [3.63, 3.8) is 0 Å². The molecule has 132 valence electrons. The minimum absolute atomic E-state index is 0.0233. The zero-order valence-electron chi connectivity index (χ0n) is 13.8. The van der Waals surface area contributed by atoms with Crippen LogP contribution >= 0.6 is 11.6 Å². The molecule has 0 aromatic heterocycles. The summed E-state index contributed by atoms with van der Waals surface area (Å²) in [6.45, 7) is 0. The Labute approximate surface area is 152 Å². The average molecular weight is 379 g/mol. The molecular weight excluding hydrogens is 360 g/mol. The first-order valence-electron chi connectivity index (χ1n) is 7.94. The van der Waals surface area contributed by atoms with Gasteiger partial charge in [0, 0.05) is 22.2 Å². The van der Waals surface area contributed by atoms with Crippen molar-refractivity contribution in [2.75, 3.05) is 11.0 Å². The van der Waals surface area contributed by atoms with Crippen LogP contribution in [-0.2, 0) is 16.4 Å². The molecule has 0 spiro atoms. The summed E-state index contributed by atoms with van der Waals surface area (Å²) in [6, 6.07) is 10.6. The first kappa shape index (κ1) is 17.8. The van der Waals surface area contributed by atoms with E-state index in [1.807, 2.05) is 18.2 Å². The van der Waals surface area contributed by atoms with Crippen LogP contribution in [0, 0.1) is 0 Å². The monoisotopic (exact) mass is 378 g/mol. The van der Waals surface area contributed by atoms with Crippen molar-refractivity contribution < 1.29 is 13.2 Å². The fourth-order valence-corrected chi connectivity index (χ4v) is 4.21. The van der Waals surface area contributed by atoms with Crippen LogP contribution in [0.3, 0.4) is 0 Å². The van der Waals surface area contributed by atoms with Crippen molar-refractivity contribution in [1.29, 1.82) is 0 Å². The highest BCUT2D eigenvalue weighted by molar-refractivity contribution is 7.92. The normalized spacial score (nSPS) is 17.0. The lowest BCUT2D eigenvalue weighted by Gasteiger charge is -2.27. The average Bonchev–Trinajstić information content (AvgIpc) is 2.52. The molecule has 2 aromatic carbocycles. The van der Waals surface area contributed by atoms with Crippen molar-refractivity contribution in [2.45, 2.75) is 25.2 Å². The third-order valence-electron chi connectivity index (χ3n) is 4.42. The molecule has 1 aliphatic rings. The van der Waals surface area contributed by atoms with Crippen molar-refractivity contribution >= 4 is 33.2 Å². The molecule has 25 heavy (non-hydrogen) atoms. The Morgan fingerprint density at radius 3 is 2.64 bits per heavy atom. The number of nitrogens with one attached hydrogen (secondary N) is 1. The number of amides is 1. The molecule has 1 aliphatic carbocycles. The topological polar surface area (TPSA) is 89.3 Å². The quantitative estimate of drug-likeness (QED) is 0.855. The number of aryl methyl sites for hydroxylation is 1. The van der Waals surface area contributed by atoms with E-state index in [2.05, 4.69) is 4.72 Å². The number of sulfonamides is 1. The molecule has 2 aromatic rings. The summed E-state index contributed by atoms with van der Waals surface area (Å²) in [5.41, 5.74) is 9.37. The van der Waals surface area contributed by atoms with Crippen molar-refractivity contribution in [1.82, 2.24) is 0 Å². The van der Waals surface area contributed by atoms with Gasteiger partial charge in [-0.3, -0.25) is 9.52 Å². The molecule has 0 saturated carbocycles. The van der Waals surface area contributed by atoms with E-state index in [-0.39, 0.29) is 5.92 Å². The number of primary amides is 1. The van der Waals surface area contributed by atoms with Gasteiger partial charge in [-0.1, -0.05) is 17.7 Å². The molecule has 0 fully saturated rings. The van der Waals surface area contributed by atoms with E-state index in [0.717, 1.165) is 42.2 Å². The SMILES string of the molecule is CS(=O)(=O)Nc1ccc(C(N)=O)c(C2CCCc3cc(Cl)ccc32)c1. The standard InChI is InChI=1S/C18H19ClN2O3S/c1-25(23,24)21-13-6-8-16(18(20)22)17(10-13)15-4-2-3-11-9-12(19)5-7-14(11)15/h5-10,15,21H,2-4H2,1H3,(H2,20,22). The van der Waals surface area contributed by atoms with Gasteiger partial charge in [-0.25, -0.2) is 8.42 Å². The molecule has 0 radical (unpaired) electrons. The summed E-state index contributed by atoms with van der Waals surface area (Å²) in [5, 5.41) is 0.682. The fraction of sp³-hybridized carbons (Fsp3) is 0.278. The number of benzene rings is 2. The first-order valence-corrected chi connectivity index (χ1v) is 10.2. The maximum Gasteiger partial charge on any atom is 0.249 e. The lowest BCUT2D eigenvalue weighted by atomic mass is 9.77. The molecule has 7 heteroatoms. The summed E-state index contributed by atoms with van der Waals surface area (Å²) < 4.78 is 25.5. The Balaban J connectivity index is 2.12. The molecule has 0 saturated heterocycles. The zero-order chi connectivity index (χ0) is 18.2. The number of fused-ring (bicyclic) bond motifs is 1. The molecule has 0 bridgehead atoms. The fourth-order valence-electron chi connectivity index (χ4n) is 3.46. The Bertz CT molecular complexity index is 941. The maximum absolute atomic E-state index is 11.9. The first-order chi connectivity index (χ1) is 11.7. The van der Waals surface area contributed by atoms with E-state index < -0.39 is 15.9 Å². The minimum atomic E-state index is -3.41. The van der Waals surface area contributed by atoms with Crippen molar-refractivity contribution in [2.24, 2.45) is 5.73 Å². The van der Waals surface area contributed by atoms with Crippen LogP contribution in [0.1, 0.15) is 45.8 Å². The number of hydrogen-bond acceptors (Lipinski definition) is 3. The number of anilines is 1. The Kier molecular flexibility index (Phi) is 4.75. The number of halogens is 1. The largest absolute Gasteiger partial charge is 0.366 e. The zero-order valence-corrected chi connectivity index (χ0v) is 15.3. The lowest BCUT2D eigenvalue weighted by molar-refractivity contribution is 0.0999. The Hall–Kier alpha value is -2.05. The molecule has 1 unspecified atom stereocenters. The van der Waals surface area contributed by atoms with E-state index >= 15 is 0 Å². The molecule has 3 N–H and O–H groups in total. The van der Waals surface area contributed by atoms with Crippen LogP contribution in [0.2, 0.25) is 5.02 Å². The highest BCUT2D eigenvalue weighted by Crippen LogP contribution is 2.39. The molecule has 0 heterocycles. The van der Waals surface area contributed by atoms with Crippen LogP contribution < -0.4 is 10.5 Å². The van der Waals surface area contributed by atoms with Gasteiger partial charge in [-0.15, -0.1) is 0 Å². The molecule has 0 aliphatic heterocycles. The van der Waals surface area contributed by atoms with E-state index in [1.54, 1.807) is 18.2 Å². The number of hydrogen-bond donors (Lipinski definition) is 2. The molecule has 5 nitrogen and oxygen atoms in total. The second kappa shape index (κ2) is 6.69. The summed E-state index contributed by atoms with van der Waals surface area (Å²) in [5.74, 6) is -0.549. The van der Waals surface area contributed by atoms with Gasteiger partial charge in [-0.05, 0) is 66.3 Å². The van der Waals surface area contributed by atoms with Gasteiger partial charge in [0.2, 0.25) is 15.9 Å². The van der Waals surface area contributed by atoms with Crippen LogP contribution in [0.4, 0.5) is 5.69 Å². The predicted molar refractivity (Wildman–Crippen MR) is 99.7 cm³/mol. The predicted octanol–water partition coefficient (Wildman–Crippen LogP) is 3.28. The highest BCUT2D eigenvalue weighted by Gasteiger charge is 2.26. The number of nitrogens with two attached hydrogens (primary N) is 1. The van der Waals surface area contributed by atoms with Gasteiger partial charge >= 0.3 is 0 Å². The second-order valence-corrected chi connectivity index (χ2v) is 8.51. The van der Waals surface area contributed by atoms with E-state index in [4.69, 9.17) is 17.3 Å². The number of carbonyl (C=O) groups excluding carboxylic acids is 1. The smallest absolute Gasteiger partial charge is 0.249 e. The maximum atomic E-state index is 11.9. The van der Waals surface area contributed by atoms with E-state index in [0.29, 0.717) is 16.3 Å². The van der Waals surface area contributed by atoms with Gasteiger partial charge in [0.25, 0.3) is 0 Å². The van der Waals surface area contributed by atoms with Crippen LogP contribution in [0.15, 0.2) is 36.4 Å². The Morgan fingerprint density at radius 1 is 1.20 bits per heavy atom. The molecule has 1 atom stereocenters. The highest BCUT2D eigenvalue weighted by atomic mass is 35.5. The molecule has 3 rings (SSSR count). The van der Waals surface area contributed by atoms with Crippen LogP contribution in [0.25, 0.3) is 0 Å². The number of rotatable bonds is 4. The summed E-state index contributed by atoms with van der Waals surface area (Å²) in [7, 11) is -3.41. The van der Waals surface area contributed by atoms with Crippen molar-refractivity contribution in [3.05, 3.63) is 63.7 Å².